The Morgan fingerprint density at radius 1 is 1.12 bits per heavy atom. The maximum atomic E-state index is 13.3. The number of carboxylic acids is 1. The molecule has 4 rings (SSSR count). The molecule has 0 amide bonds. The number of nitrogens with one attached hydrogen (secondary N) is 1. The first-order chi connectivity index (χ1) is 16.4. The van der Waals surface area contributed by atoms with Gasteiger partial charge in [-0.25, -0.2) is 13.2 Å². The van der Waals surface area contributed by atoms with E-state index in [4.69, 9.17) is 9.15 Å². The molecule has 2 N–H and O–H groups in total. The van der Waals surface area contributed by atoms with Crippen LogP contribution in [0.1, 0.15) is 35.5 Å². The van der Waals surface area contributed by atoms with Crippen LogP contribution in [0.3, 0.4) is 0 Å². The first-order valence-electron chi connectivity index (χ1n) is 11.0. The third-order valence-electron chi connectivity index (χ3n) is 5.76. The number of benzene rings is 2. The second-order valence-corrected chi connectivity index (χ2v) is 9.40. The molecule has 3 aromatic rings. The van der Waals surface area contributed by atoms with Crippen LogP contribution in [0.15, 0.2) is 64.1 Å². The minimum absolute atomic E-state index is 0.0536. The number of rotatable bonds is 9. The number of ether oxygens (including phenoxy) is 1. The van der Waals surface area contributed by atoms with Crippen LogP contribution in [0.4, 0.5) is 5.69 Å². The Balaban J connectivity index is 1.69. The summed E-state index contributed by atoms with van der Waals surface area (Å²) in [6.45, 7) is 6.66. The van der Waals surface area contributed by atoms with E-state index in [9.17, 15) is 18.3 Å². The lowest BCUT2D eigenvalue weighted by molar-refractivity contribution is 0.0692. The number of carboxylic acid groups (broad SMARTS) is 1. The Hall–Kier alpha value is -3.56. The van der Waals surface area contributed by atoms with Gasteiger partial charge in [0.25, 0.3) is 10.0 Å². The monoisotopic (exact) mass is 482 g/mol. The normalized spacial score (nSPS) is 12.9. The van der Waals surface area contributed by atoms with Crippen molar-refractivity contribution in [3.05, 3.63) is 71.7 Å². The quantitative estimate of drug-likeness (QED) is 0.455. The third-order valence-corrected chi connectivity index (χ3v) is 7.20. The first-order valence-corrected chi connectivity index (χ1v) is 12.4. The van der Waals surface area contributed by atoms with E-state index in [-0.39, 0.29) is 28.5 Å². The summed E-state index contributed by atoms with van der Waals surface area (Å²) < 4.78 is 40.1. The van der Waals surface area contributed by atoms with Gasteiger partial charge in [0, 0.05) is 17.7 Å². The van der Waals surface area contributed by atoms with E-state index in [2.05, 4.69) is 23.5 Å². The van der Waals surface area contributed by atoms with Crippen LogP contribution in [0.2, 0.25) is 0 Å². The highest BCUT2D eigenvalue weighted by Crippen LogP contribution is 2.43. The summed E-state index contributed by atoms with van der Waals surface area (Å²) in [5.74, 6) is -0.606. The minimum Gasteiger partial charge on any atom is -0.484 e. The lowest BCUT2D eigenvalue weighted by Crippen LogP contribution is -2.22. The molecule has 0 aliphatic carbocycles. The van der Waals surface area contributed by atoms with Gasteiger partial charge in [-0.05, 0) is 42.9 Å². The fourth-order valence-corrected chi connectivity index (χ4v) is 5.22. The average Bonchev–Trinajstić information content (AvgIpc) is 3.30. The van der Waals surface area contributed by atoms with Crippen molar-refractivity contribution >= 4 is 27.8 Å². The van der Waals surface area contributed by atoms with Crippen molar-refractivity contribution in [2.24, 2.45) is 0 Å². The maximum absolute atomic E-state index is 13.3. The highest BCUT2D eigenvalue weighted by Gasteiger charge is 2.29. The molecule has 0 unspecified atom stereocenters. The Morgan fingerprint density at radius 3 is 2.62 bits per heavy atom. The van der Waals surface area contributed by atoms with Crippen LogP contribution in [-0.4, -0.2) is 44.0 Å². The summed E-state index contributed by atoms with van der Waals surface area (Å²) >= 11 is 0. The zero-order valence-electron chi connectivity index (χ0n) is 18.9. The van der Waals surface area contributed by atoms with Crippen LogP contribution in [-0.2, 0) is 16.6 Å². The molecule has 2 aromatic carbocycles. The van der Waals surface area contributed by atoms with E-state index >= 15 is 0 Å². The summed E-state index contributed by atoms with van der Waals surface area (Å²) in [4.78, 5) is 14.4. The van der Waals surface area contributed by atoms with Gasteiger partial charge in [0.05, 0.1) is 16.8 Å². The molecule has 0 saturated heterocycles. The number of furan rings is 1. The molecule has 0 bridgehead atoms. The second kappa shape index (κ2) is 9.74. The number of fused-ring (bicyclic) bond motifs is 3. The molecule has 2 heterocycles. The Bertz CT molecular complexity index is 1340. The van der Waals surface area contributed by atoms with E-state index in [0.29, 0.717) is 23.4 Å². The Kier molecular flexibility index (Phi) is 6.76. The molecule has 178 valence electrons. The smallest absolute Gasteiger partial charge is 0.341 e. The first kappa shape index (κ1) is 23.6. The maximum Gasteiger partial charge on any atom is 0.341 e. The highest BCUT2D eigenvalue weighted by atomic mass is 32.2. The van der Waals surface area contributed by atoms with Crippen molar-refractivity contribution in [1.29, 1.82) is 0 Å². The van der Waals surface area contributed by atoms with Gasteiger partial charge in [-0.1, -0.05) is 44.2 Å². The second-order valence-electron chi connectivity index (χ2n) is 7.75. The van der Waals surface area contributed by atoms with Gasteiger partial charge >= 0.3 is 5.97 Å². The lowest BCUT2D eigenvalue weighted by atomic mass is 9.98. The van der Waals surface area contributed by atoms with Gasteiger partial charge in [-0.15, -0.1) is 0 Å². The fourth-order valence-electron chi connectivity index (χ4n) is 3.95. The SMILES string of the molecule is CCN(CC)C/C=C\c1ccccc1S(=O)(=O)Nc1ccc2c(c1C(=O)O)OCc1occc1-2. The molecule has 0 saturated carbocycles. The lowest BCUT2D eigenvalue weighted by Gasteiger charge is -2.21. The topological polar surface area (TPSA) is 109 Å². The van der Waals surface area contributed by atoms with Gasteiger partial charge in [0.2, 0.25) is 0 Å². The molecule has 9 heteroatoms. The van der Waals surface area contributed by atoms with Crippen LogP contribution in [0.5, 0.6) is 5.75 Å². The van der Waals surface area contributed by atoms with Gasteiger partial charge < -0.3 is 19.2 Å². The van der Waals surface area contributed by atoms with Gasteiger partial charge in [-0.3, -0.25) is 4.72 Å². The van der Waals surface area contributed by atoms with Crippen molar-refractivity contribution in [2.75, 3.05) is 24.4 Å². The van der Waals surface area contributed by atoms with Crippen molar-refractivity contribution in [2.45, 2.75) is 25.3 Å². The molecule has 0 atom stereocenters. The van der Waals surface area contributed by atoms with Gasteiger partial charge in [0.15, 0.2) is 0 Å². The van der Waals surface area contributed by atoms with E-state index in [1.54, 1.807) is 36.4 Å². The molecular weight excluding hydrogens is 456 g/mol. The van der Waals surface area contributed by atoms with Crippen molar-refractivity contribution in [1.82, 2.24) is 4.90 Å². The summed E-state index contributed by atoms with van der Waals surface area (Å²) in [6.07, 6.45) is 5.19. The van der Waals surface area contributed by atoms with Gasteiger partial charge in [-0.2, -0.15) is 0 Å². The van der Waals surface area contributed by atoms with Crippen LogP contribution in [0.25, 0.3) is 17.2 Å². The number of hydrogen-bond acceptors (Lipinski definition) is 6. The highest BCUT2D eigenvalue weighted by molar-refractivity contribution is 7.92. The number of carbonyl (C=O) groups is 1. The van der Waals surface area contributed by atoms with Crippen LogP contribution >= 0.6 is 0 Å². The zero-order valence-corrected chi connectivity index (χ0v) is 19.8. The van der Waals surface area contributed by atoms with Crippen LogP contribution < -0.4 is 9.46 Å². The van der Waals surface area contributed by atoms with Crippen LogP contribution in [0, 0.1) is 0 Å². The number of aromatic carboxylic acids is 1. The number of anilines is 1. The predicted molar refractivity (Wildman–Crippen MR) is 130 cm³/mol. The largest absolute Gasteiger partial charge is 0.484 e. The van der Waals surface area contributed by atoms with E-state index in [1.807, 2.05) is 6.08 Å². The molecular formula is C25H26N2O6S. The number of nitrogens with zero attached hydrogens (tertiary/aromatic N) is 1. The molecule has 8 nitrogen and oxygen atoms in total. The summed E-state index contributed by atoms with van der Waals surface area (Å²) in [5.41, 5.74) is 1.45. The molecule has 1 aliphatic heterocycles. The molecule has 1 aromatic heterocycles. The number of hydrogen-bond donors (Lipinski definition) is 2. The average molecular weight is 483 g/mol. The molecule has 0 spiro atoms. The third kappa shape index (κ3) is 4.57. The van der Waals surface area contributed by atoms with Gasteiger partial charge in [0.1, 0.15) is 23.7 Å². The molecule has 0 fully saturated rings. The zero-order chi connectivity index (χ0) is 24.3. The van der Waals surface area contributed by atoms with Crippen molar-refractivity contribution in [3.63, 3.8) is 0 Å². The summed E-state index contributed by atoms with van der Waals surface area (Å²) in [7, 11) is -4.09. The van der Waals surface area contributed by atoms with Crippen molar-refractivity contribution < 1.29 is 27.5 Å². The Labute approximate surface area is 198 Å². The summed E-state index contributed by atoms with van der Waals surface area (Å²) in [5, 5.41) is 9.90. The fraction of sp³-hybridized carbons (Fsp3) is 0.240. The summed E-state index contributed by atoms with van der Waals surface area (Å²) in [6, 6.07) is 11.4. The minimum atomic E-state index is -4.09. The molecule has 1 aliphatic rings. The standard InChI is InChI=1S/C25H26N2O6S/c1-3-27(4-2)14-7-9-17-8-5-6-10-22(17)34(30,31)26-20-12-11-19-18-13-15-32-21(18)16-33-24(19)23(20)25(28)29/h5-13,15,26H,3-4,14,16H2,1-2H3,(H,28,29)/b9-7-. The number of sulfonamides is 1. The van der Waals surface area contributed by atoms with Crippen molar-refractivity contribution in [3.8, 4) is 16.9 Å². The predicted octanol–water partition coefficient (Wildman–Crippen LogP) is 4.69. The molecule has 34 heavy (non-hydrogen) atoms. The van der Waals surface area contributed by atoms with E-state index in [1.165, 1.54) is 18.4 Å². The Morgan fingerprint density at radius 2 is 1.88 bits per heavy atom. The molecule has 0 radical (unpaired) electrons. The van der Waals surface area contributed by atoms with E-state index in [0.717, 1.165) is 18.7 Å². The van der Waals surface area contributed by atoms with E-state index < -0.39 is 16.0 Å². The number of likely N-dealkylation sites (N-methyl/N-ethyl adjacent to an activating group) is 1.